The van der Waals surface area contributed by atoms with Crippen molar-refractivity contribution in [3.63, 3.8) is 0 Å². The minimum absolute atomic E-state index is 0.00270. The van der Waals surface area contributed by atoms with Gasteiger partial charge in [-0.1, -0.05) is 23.5 Å². The van der Waals surface area contributed by atoms with E-state index in [0.29, 0.717) is 16.9 Å². The highest BCUT2D eigenvalue weighted by atomic mass is 32.2. The van der Waals surface area contributed by atoms with Crippen LogP contribution in [-0.4, -0.2) is 103 Å². The van der Waals surface area contributed by atoms with E-state index in [1.165, 1.54) is 11.8 Å². The van der Waals surface area contributed by atoms with E-state index in [4.69, 9.17) is 4.74 Å². The molecule has 2 aliphatic rings. The quantitative estimate of drug-likeness (QED) is 0.269. The second-order valence-electron chi connectivity index (χ2n) is 7.08. The molecule has 3 rings (SSSR count). The fraction of sp³-hybridized carbons (Fsp3) is 0.562. The number of methoxy groups -OCH3 is 1. The molecule has 0 radical (unpaired) electrons. The fourth-order valence-electron chi connectivity index (χ4n) is 3.30. The van der Waals surface area contributed by atoms with Crippen LogP contribution in [0.1, 0.15) is 6.92 Å². The Kier molecular flexibility index (Phi) is 7.45. The lowest BCUT2D eigenvalue weighted by Crippen LogP contribution is -2.70. The minimum Gasteiger partial charge on any atom is -0.480 e. The number of fused-ring (bicyclic) bond motifs is 1. The summed E-state index contributed by atoms with van der Waals surface area (Å²) in [6.07, 6.45) is -1.23. The number of sulfone groups is 1. The van der Waals surface area contributed by atoms with Crippen molar-refractivity contribution in [3.05, 3.63) is 11.3 Å². The number of nitrogens with zero attached hydrogens (tertiary/aromatic N) is 5. The van der Waals surface area contributed by atoms with Crippen LogP contribution < -0.4 is 5.32 Å². The number of carboxylic acid groups (broad SMARTS) is 1. The molecule has 2 aliphatic heterocycles. The number of hydrogen-bond donors (Lipinski definition) is 2. The number of β-lactam (4-membered cyclic amide) rings is 1. The zero-order valence-electron chi connectivity index (χ0n) is 17.6. The Bertz CT molecular complexity index is 1130. The van der Waals surface area contributed by atoms with Crippen LogP contribution >= 0.6 is 23.5 Å². The summed E-state index contributed by atoms with van der Waals surface area (Å²) in [5.41, 5.74) is 0.0266. The molecular weight excluding hydrogens is 500 g/mol. The lowest BCUT2D eigenvalue weighted by molar-refractivity contribution is -0.160. The Morgan fingerprint density at radius 1 is 1.36 bits per heavy atom. The van der Waals surface area contributed by atoms with Crippen molar-refractivity contribution in [1.29, 1.82) is 0 Å². The minimum atomic E-state index is -3.86. The zero-order chi connectivity index (χ0) is 24.5. The molecule has 1 saturated heterocycles. The van der Waals surface area contributed by atoms with Crippen molar-refractivity contribution in [3.8, 4) is 0 Å². The van der Waals surface area contributed by atoms with E-state index in [2.05, 4.69) is 20.8 Å². The summed E-state index contributed by atoms with van der Waals surface area (Å²) in [5.74, 6) is -3.43. The average Bonchev–Trinajstić information content (AvgIpc) is 3.13. The maximum Gasteiger partial charge on any atom is 0.327 e. The molecule has 33 heavy (non-hydrogen) atoms. The lowest BCUT2D eigenvalue weighted by Gasteiger charge is -2.48. The van der Waals surface area contributed by atoms with Gasteiger partial charge in [-0.3, -0.25) is 19.3 Å². The fourth-order valence-corrected chi connectivity index (χ4v) is 7.25. The van der Waals surface area contributed by atoms with Gasteiger partial charge in [0.15, 0.2) is 21.3 Å². The van der Waals surface area contributed by atoms with Crippen LogP contribution in [-0.2, 0) is 40.8 Å². The Labute approximate surface area is 196 Å². The molecule has 0 saturated carbocycles. The standard InChI is InChI=1S/C16H20N6O8S3/c1-7(23)17-9(14(25)26)5-31-15(27)10-8(4-32-16-18-19-20-21(16)2)6-33(28,29)13-11(30-3)12(24)22(10)13/h9,11,13H,4-6H2,1-3H3,(H,17,23)(H,25,26). The summed E-state index contributed by atoms with van der Waals surface area (Å²) in [4.78, 5) is 49.2. The number of carbonyl (C=O) groups excluding carboxylic acids is 3. The van der Waals surface area contributed by atoms with Crippen LogP contribution in [0, 0.1) is 0 Å². The predicted octanol–water partition coefficient (Wildman–Crippen LogP) is -1.98. The molecule has 14 nitrogen and oxygen atoms in total. The van der Waals surface area contributed by atoms with E-state index in [1.807, 2.05) is 0 Å². The van der Waals surface area contributed by atoms with E-state index in [0.717, 1.165) is 23.6 Å². The number of nitrogens with one attached hydrogen (secondary N) is 1. The highest BCUT2D eigenvalue weighted by Crippen LogP contribution is 2.40. The molecule has 1 fully saturated rings. The first kappa shape index (κ1) is 25.1. The molecule has 3 heterocycles. The van der Waals surface area contributed by atoms with E-state index in [-0.39, 0.29) is 22.8 Å². The molecule has 17 heteroatoms. The second kappa shape index (κ2) is 9.78. The SMILES string of the molecule is COC1C(=O)N2C(C(=O)SCC(NC(C)=O)C(=O)O)=C(CSc3nnnn3C)CS(=O)(=O)C12. The van der Waals surface area contributed by atoms with Gasteiger partial charge in [-0.2, -0.15) is 0 Å². The molecule has 0 aromatic carbocycles. The molecule has 1 aromatic heterocycles. The molecule has 3 unspecified atom stereocenters. The zero-order valence-corrected chi connectivity index (χ0v) is 20.1. The summed E-state index contributed by atoms with van der Waals surface area (Å²) in [5, 5.41) is 20.8. The molecule has 180 valence electrons. The Balaban J connectivity index is 1.91. The first-order valence-corrected chi connectivity index (χ1v) is 13.0. The average molecular weight is 521 g/mol. The summed E-state index contributed by atoms with van der Waals surface area (Å²) >= 11 is 1.64. The van der Waals surface area contributed by atoms with Crippen molar-refractivity contribution >= 4 is 56.3 Å². The van der Waals surface area contributed by atoms with E-state index in [9.17, 15) is 32.7 Å². The van der Waals surface area contributed by atoms with Gasteiger partial charge in [0.05, 0.1) is 5.75 Å². The van der Waals surface area contributed by atoms with Gasteiger partial charge in [0.25, 0.3) is 5.91 Å². The Hall–Kier alpha value is -2.50. The van der Waals surface area contributed by atoms with E-state index < -0.39 is 56.0 Å². The number of thioether (sulfide) groups is 2. The van der Waals surface area contributed by atoms with Gasteiger partial charge in [0.1, 0.15) is 11.7 Å². The topological polar surface area (TPSA) is 191 Å². The van der Waals surface area contributed by atoms with Gasteiger partial charge < -0.3 is 15.2 Å². The third kappa shape index (κ3) is 5.04. The van der Waals surface area contributed by atoms with Crippen molar-refractivity contribution < 1.29 is 37.4 Å². The molecule has 0 bridgehead atoms. The number of rotatable bonds is 9. The third-order valence-corrected chi connectivity index (χ3v) is 8.77. The highest BCUT2D eigenvalue weighted by Gasteiger charge is 2.60. The van der Waals surface area contributed by atoms with Gasteiger partial charge in [0.2, 0.25) is 16.2 Å². The monoisotopic (exact) mass is 520 g/mol. The number of aromatic nitrogens is 4. The van der Waals surface area contributed by atoms with Crippen molar-refractivity contribution in [2.45, 2.75) is 29.6 Å². The van der Waals surface area contributed by atoms with Crippen LogP contribution in [0.25, 0.3) is 0 Å². The molecule has 2 amide bonds. The maximum atomic E-state index is 13.1. The van der Waals surface area contributed by atoms with Crippen molar-refractivity contribution in [1.82, 2.24) is 30.4 Å². The number of aryl methyl sites for hydroxylation is 1. The summed E-state index contributed by atoms with van der Waals surface area (Å²) < 4.78 is 32.0. The van der Waals surface area contributed by atoms with E-state index >= 15 is 0 Å². The predicted molar refractivity (Wildman–Crippen MR) is 114 cm³/mol. The first-order chi connectivity index (χ1) is 15.5. The molecule has 0 spiro atoms. The summed E-state index contributed by atoms with van der Waals surface area (Å²) in [7, 11) is -1.07. The number of carbonyl (C=O) groups is 4. The number of carboxylic acids is 1. The third-order valence-electron chi connectivity index (χ3n) is 4.77. The van der Waals surface area contributed by atoms with Crippen LogP contribution in [0.3, 0.4) is 0 Å². The molecular formula is C16H20N6O8S3. The van der Waals surface area contributed by atoms with Gasteiger partial charge >= 0.3 is 5.97 Å². The first-order valence-electron chi connectivity index (χ1n) is 9.29. The number of hydrogen-bond acceptors (Lipinski definition) is 12. The summed E-state index contributed by atoms with van der Waals surface area (Å²) in [6.45, 7) is 1.14. The molecule has 2 N–H and O–H groups in total. The highest BCUT2D eigenvalue weighted by molar-refractivity contribution is 8.14. The molecule has 3 atom stereocenters. The second-order valence-corrected chi connectivity index (χ2v) is 11.1. The number of tetrazole rings is 1. The van der Waals surface area contributed by atoms with Crippen LogP contribution in [0.4, 0.5) is 0 Å². The van der Waals surface area contributed by atoms with Gasteiger partial charge in [-0.05, 0) is 16.0 Å². The normalized spacial score (nSPS) is 22.4. The summed E-state index contributed by atoms with van der Waals surface area (Å²) in [6, 6.07) is -1.35. The smallest absolute Gasteiger partial charge is 0.327 e. The van der Waals surface area contributed by atoms with Gasteiger partial charge in [0, 0.05) is 32.6 Å². The van der Waals surface area contributed by atoms with Crippen LogP contribution in [0.5, 0.6) is 0 Å². The lowest BCUT2D eigenvalue weighted by atomic mass is 10.1. The Morgan fingerprint density at radius 3 is 2.61 bits per heavy atom. The van der Waals surface area contributed by atoms with Crippen molar-refractivity contribution in [2.75, 3.05) is 24.4 Å². The van der Waals surface area contributed by atoms with Gasteiger partial charge in [-0.25, -0.2) is 17.9 Å². The maximum absolute atomic E-state index is 13.1. The number of aliphatic carboxylic acids is 1. The molecule has 1 aromatic rings. The van der Waals surface area contributed by atoms with Crippen molar-refractivity contribution in [2.24, 2.45) is 7.05 Å². The van der Waals surface area contributed by atoms with Crippen LogP contribution in [0.2, 0.25) is 0 Å². The van der Waals surface area contributed by atoms with E-state index in [1.54, 1.807) is 7.05 Å². The number of ether oxygens (including phenoxy) is 1. The van der Waals surface area contributed by atoms with Crippen LogP contribution in [0.15, 0.2) is 16.4 Å². The Morgan fingerprint density at radius 2 is 2.06 bits per heavy atom. The molecule has 0 aliphatic carbocycles. The van der Waals surface area contributed by atoms with Gasteiger partial charge in [-0.15, -0.1) is 5.10 Å². The number of amides is 2. The largest absolute Gasteiger partial charge is 0.480 e.